The maximum Gasteiger partial charge on any atom is 0.305 e. The molecule has 0 aromatic heterocycles. The van der Waals surface area contributed by atoms with E-state index in [0.29, 0.717) is 0 Å². The highest BCUT2D eigenvalue weighted by atomic mass is 19.1. The zero-order valence-electron chi connectivity index (χ0n) is 8.88. The van der Waals surface area contributed by atoms with Crippen LogP contribution in [0.25, 0.3) is 0 Å². The van der Waals surface area contributed by atoms with Gasteiger partial charge in [-0.1, -0.05) is 0 Å². The third-order valence-electron chi connectivity index (χ3n) is 2.01. The van der Waals surface area contributed by atoms with Crippen molar-refractivity contribution in [2.24, 2.45) is 0 Å². The number of aliphatic hydroxyl groups is 1. The Morgan fingerprint density at radius 3 is 2.31 bits per heavy atom. The molecule has 7 heteroatoms. The van der Waals surface area contributed by atoms with Gasteiger partial charge < -0.3 is 19.3 Å². The number of rotatable bonds is 3. The summed E-state index contributed by atoms with van der Waals surface area (Å²) >= 11 is 0. The Kier molecular flexibility index (Phi) is 4.19. The second kappa shape index (κ2) is 5.22. The van der Waals surface area contributed by atoms with Crippen molar-refractivity contribution in [2.75, 3.05) is 6.61 Å². The maximum atomic E-state index is 13.6. The summed E-state index contributed by atoms with van der Waals surface area (Å²) in [4.78, 5) is 21.4. The number of esters is 2. The van der Waals surface area contributed by atoms with Crippen LogP contribution >= 0.6 is 0 Å². The summed E-state index contributed by atoms with van der Waals surface area (Å²) in [6.07, 6.45) is -5.53. The number of carbonyl (C=O) groups is 2. The fourth-order valence-electron chi connectivity index (χ4n) is 1.40. The van der Waals surface area contributed by atoms with Gasteiger partial charge in [-0.25, -0.2) is 4.39 Å². The first-order valence-corrected chi connectivity index (χ1v) is 4.70. The first-order valence-electron chi connectivity index (χ1n) is 4.70. The lowest BCUT2D eigenvalue weighted by Gasteiger charge is -2.18. The molecule has 0 aliphatic carbocycles. The van der Waals surface area contributed by atoms with Crippen LogP contribution in [0.5, 0.6) is 0 Å². The van der Waals surface area contributed by atoms with Crippen molar-refractivity contribution in [3.05, 3.63) is 0 Å². The Balaban J connectivity index is 2.72. The minimum atomic E-state index is -1.72. The predicted octanol–water partition coefficient (Wildman–Crippen LogP) is -0.464. The molecule has 6 nitrogen and oxygen atoms in total. The van der Waals surface area contributed by atoms with Crippen LogP contribution in [-0.2, 0) is 23.8 Å². The quantitative estimate of drug-likeness (QED) is 0.667. The fraction of sp³-hybridized carbons (Fsp3) is 0.778. The summed E-state index contributed by atoms with van der Waals surface area (Å²) in [6, 6.07) is 0. The van der Waals surface area contributed by atoms with Gasteiger partial charge in [-0.05, 0) is 0 Å². The van der Waals surface area contributed by atoms with E-state index >= 15 is 0 Å². The number of carbonyl (C=O) groups excluding carboxylic acids is 2. The van der Waals surface area contributed by atoms with Gasteiger partial charge in [0.1, 0.15) is 6.10 Å². The molecular formula is C9H13FO6. The molecule has 0 bridgehead atoms. The van der Waals surface area contributed by atoms with Crippen LogP contribution in [0.2, 0.25) is 0 Å². The molecule has 1 saturated heterocycles. The third-order valence-corrected chi connectivity index (χ3v) is 2.01. The highest BCUT2D eigenvalue weighted by Crippen LogP contribution is 2.27. The van der Waals surface area contributed by atoms with E-state index in [-0.39, 0.29) is 0 Å². The maximum absolute atomic E-state index is 13.6. The van der Waals surface area contributed by atoms with Crippen LogP contribution in [0, 0.1) is 0 Å². The number of hydrogen-bond donors (Lipinski definition) is 1. The number of halogens is 1. The van der Waals surface area contributed by atoms with Crippen LogP contribution in [0.1, 0.15) is 13.8 Å². The van der Waals surface area contributed by atoms with Crippen molar-refractivity contribution >= 4 is 11.9 Å². The van der Waals surface area contributed by atoms with Gasteiger partial charge in [0.2, 0.25) is 6.29 Å². The van der Waals surface area contributed by atoms with Gasteiger partial charge in [0.25, 0.3) is 0 Å². The molecule has 1 aliphatic heterocycles. The first-order chi connectivity index (χ1) is 7.45. The molecule has 0 amide bonds. The monoisotopic (exact) mass is 236 g/mol. The van der Waals surface area contributed by atoms with E-state index in [9.17, 15) is 14.0 Å². The number of aliphatic hydroxyl groups excluding tert-OH is 1. The summed E-state index contributed by atoms with van der Waals surface area (Å²) in [5.74, 6) is -1.40. The van der Waals surface area contributed by atoms with Gasteiger partial charge in [-0.15, -0.1) is 0 Å². The Bertz CT molecular complexity index is 281. The predicted molar refractivity (Wildman–Crippen MR) is 48.0 cm³/mol. The van der Waals surface area contributed by atoms with Crippen molar-refractivity contribution in [3.63, 3.8) is 0 Å². The largest absolute Gasteiger partial charge is 0.453 e. The molecule has 0 radical (unpaired) electrons. The van der Waals surface area contributed by atoms with Crippen LogP contribution in [0.4, 0.5) is 4.39 Å². The second-order valence-electron chi connectivity index (χ2n) is 3.35. The van der Waals surface area contributed by atoms with Crippen molar-refractivity contribution < 1.29 is 33.3 Å². The molecule has 4 atom stereocenters. The van der Waals surface area contributed by atoms with E-state index in [4.69, 9.17) is 9.84 Å². The van der Waals surface area contributed by atoms with E-state index in [1.54, 1.807) is 0 Å². The second-order valence-corrected chi connectivity index (χ2v) is 3.35. The Labute approximate surface area is 91.3 Å². The number of hydrogen-bond acceptors (Lipinski definition) is 6. The zero-order valence-corrected chi connectivity index (χ0v) is 8.88. The average molecular weight is 236 g/mol. The van der Waals surface area contributed by atoms with Gasteiger partial charge in [0.05, 0.1) is 6.61 Å². The molecule has 1 fully saturated rings. The molecule has 0 saturated carbocycles. The van der Waals surface area contributed by atoms with Crippen molar-refractivity contribution in [3.8, 4) is 0 Å². The molecule has 2 unspecified atom stereocenters. The molecule has 0 aromatic rings. The molecule has 1 N–H and O–H groups in total. The Morgan fingerprint density at radius 2 is 1.88 bits per heavy atom. The van der Waals surface area contributed by atoms with E-state index in [0.717, 1.165) is 13.8 Å². The van der Waals surface area contributed by atoms with E-state index in [2.05, 4.69) is 9.47 Å². The molecule has 1 heterocycles. The summed E-state index contributed by atoms with van der Waals surface area (Å²) < 4.78 is 27.7. The lowest BCUT2D eigenvalue weighted by molar-refractivity contribution is -0.195. The lowest BCUT2D eigenvalue weighted by Crippen LogP contribution is -2.36. The van der Waals surface area contributed by atoms with Crippen LogP contribution in [0.3, 0.4) is 0 Å². The molecule has 0 spiro atoms. The molecule has 92 valence electrons. The van der Waals surface area contributed by atoms with Gasteiger partial charge in [0.15, 0.2) is 12.3 Å². The first kappa shape index (κ1) is 12.9. The normalized spacial score (nSPS) is 33.5. The highest BCUT2D eigenvalue weighted by Gasteiger charge is 2.49. The topological polar surface area (TPSA) is 82.1 Å². The zero-order chi connectivity index (χ0) is 12.3. The molecule has 1 rings (SSSR count). The molecule has 1 aliphatic rings. The highest BCUT2D eigenvalue weighted by molar-refractivity contribution is 5.67. The SMILES string of the molecule is CC(=O)OC1O[C@H](CO)C(F)[C@@H]1OC(C)=O. The standard InChI is InChI=1S/C9H13FO6/c1-4(12)14-8-7(10)6(3-11)16-9(8)15-5(2)13/h6-9,11H,3H2,1-2H3/t6-,7?,8+,9?/m1/s1. The fourth-order valence-corrected chi connectivity index (χ4v) is 1.40. The van der Waals surface area contributed by atoms with Crippen LogP contribution in [0.15, 0.2) is 0 Å². The van der Waals surface area contributed by atoms with Gasteiger partial charge in [-0.3, -0.25) is 9.59 Å². The van der Waals surface area contributed by atoms with E-state index < -0.39 is 43.2 Å². The van der Waals surface area contributed by atoms with Gasteiger partial charge >= 0.3 is 11.9 Å². The van der Waals surface area contributed by atoms with Crippen LogP contribution in [-0.4, -0.2) is 48.3 Å². The van der Waals surface area contributed by atoms with Gasteiger partial charge in [0, 0.05) is 13.8 Å². The lowest BCUT2D eigenvalue weighted by atomic mass is 10.2. The van der Waals surface area contributed by atoms with Crippen molar-refractivity contribution in [2.45, 2.75) is 38.5 Å². The molecule has 0 aromatic carbocycles. The minimum absolute atomic E-state index is 0.587. The van der Waals surface area contributed by atoms with Gasteiger partial charge in [-0.2, -0.15) is 0 Å². The Hall–Kier alpha value is -1.21. The smallest absolute Gasteiger partial charge is 0.305 e. The summed E-state index contributed by atoms with van der Waals surface area (Å²) in [5.41, 5.74) is 0. The molecular weight excluding hydrogens is 223 g/mol. The molecule has 16 heavy (non-hydrogen) atoms. The van der Waals surface area contributed by atoms with E-state index in [1.807, 2.05) is 0 Å². The summed E-state index contributed by atoms with van der Waals surface area (Å²) in [5, 5.41) is 8.79. The third kappa shape index (κ3) is 2.89. The van der Waals surface area contributed by atoms with E-state index in [1.165, 1.54) is 0 Å². The number of alkyl halides is 1. The summed E-state index contributed by atoms with van der Waals surface area (Å²) in [6.45, 7) is 1.63. The minimum Gasteiger partial charge on any atom is -0.453 e. The van der Waals surface area contributed by atoms with Crippen LogP contribution < -0.4 is 0 Å². The average Bonchev–Trinajstić information content (AvgIpc) is 2.44. The number of ether oxygens (including phenoxy) is 3. The Morgan fingerprint density at radius 1 is 1.31 bits per heavy atom. The summed E-state index contributed by atoms with van der Waals surface area (Å²) in [7, 11) is 0. The van der Waals surface area contributed by atoms with Crippen molar-refractivity contribution in [1.29, 1.82) is 0 Å². The van der Waals surface area contributed by atoms with Crippen molar-refractivity contribution in [1.82, 2.24) is 0 Å².